The Hall–Kier alpha value is -3.66. The third-order valence-electron chi connectivity index (χ3n) is 5.63. The van der Waals surface area contributed by atoms with Gasteiger partial charge in [-0.25, -0.2) is 4.68 Å². The first-order chi connectivity index (χ1) is 15.6. The summed E-state index contributed by atoms with van der Waals surface area (Å²) >= 11 is 0. The number of benzene rings is 3. The van der Waals surface area contributed by atoms with Gasteiger partial charge >= 0.3 is 0 Å². The molecule has 0 amide bonds. The zero-order valence-corrected chi connectivity index (χ0v) is 18.8. The number of methoxy groups -OCH3 is 1. The molecule has 0 radical (unpaired) electrons. The van der Waals surface area contributed by atoms with Crippen molar-refractivity contribution >= 4 is 0 Å². The van der Waals surface area contributed by atoms with Crippen LogP contribution < -0.4 is 10.3 Å². The van der Waals surface area contributed by atoms with Crippen molar-refractivity contribution < 1.29 is 4.74 Å². The molecule has 0 aliphatic carbocycles. The lowest BCUT2D eigenvalue weighted by molar-refractivity contribution is 0.416. The van der Waals surface area contributed by atoms with Crippen LogP contribution in [0.15, 0.2) is 89.7 Å². The minimum absolute atomic E-state index is 0.0449. The van der Waals surface area contributed by atoms with Crippen LogP contribution >= 0.6 is 0 Å². The van der Waals surface area contributed by atoms with Crippen LogP contribution in [0.3, 0.4) is 0 Å². The Labute approximate surface area is 189 Å². The van der Waals surface area contributed by atoms with Crippen molar-refractivity contribution in [3.8, 4) is 28.1 Å². The van der Waals surface area contributed by atoms with E-state index in [1.54, 1.807) is 11.8 Å². The van der Waals surface area contributed by atoms with E-state index >= 15 is 0 Å². The quantitative estimate of drug-likeness (QED) is 0.368. The second-order valence-electron chi connectivity index (χ2n) is 8.10. The van der Waals surface area contributed by atoms with Crippen molar-refractivity contribution in [1.82, 2.24) is 9.78 Å². The van der Waals surface area contributed by atoms with E-state index < -0.39 is 0 Å². The summed E-state index contributed by atoms with van der Waals surface area (Å²) in [7, 11) is 1.66. The standard InChI is InChI=1S/C28H28N2O2/c1-20(2)30-28(31)24(19-18-21-12-6-4-7-13-21)26(23-16-10-11-17-25(23)32-3)27(29-30)22-14-8-5-9-15-22/h4-17,20H,18-19H2,1-3H3. The predicted octanol–water partition coefficient (Wildman–Crippen LogP) is 5.95. The first-order valence-electron chi connectivity index (χ1n) is 11.0. The molecule has 0 aliphatic heterocycles. The molecule has 0 atom stereocenters. The molecule has 0 bridgehead atoms. The molecule has 1 heterocycles. The summed E-state index contributed by atoms with van der Waals surface area (Å²) in [5.41, 5.74) is 5.43. The molecular weight excluding hydrogens is 396 g/mol. The molecule has 4 nitrogen and oxygen atoms in total. The number of aromatic nitrogens is 2. The lowest BCUT2D eigenvalue weighted by atomic mass is 9.92. The van der Waals surface area contributed by atoms with E-state index in [1.807, 2.05) is 86.6 Å². The van der Waals surface area contributed by atoms with Gasteiger partial charge in [-0.3, -0.25) is 4.79 Å². The Morgan fingerprint density at radius 3 is 2.12 bits per heavy atom. The van der Waals surface area contributed by atoms with Gasteiger partial charge in [0.05, 0.1) is 18.8 Å². The third-order valence-corrected chi connectivity index (χ3v) is 5.63. The summed E-state index contributed by atoms with van der Waals surface area (Å²) < 4.78 is 7.30. The van der Waals surface area contributed by atoms with Gasteiger partial charge in [-0.1, -0.05) is 78.9 Å². The van der Waals surface area contributed by atoms with Gasteiger partial charge in [0.2, 0.25) is 0 Å². The van der Waals surface area contributed by atoms with Gasteiger partial charge in [0.25, 0.3) is 5.56 Å². The number of hydrogen-bond acceptors (Lipinski definition) is 3. The minimum atomic E-state index is -0.0489. The Kier molecular flexibility index (Phi) is 6.50. The van der Waals surface area contributed by atoms with Gasteiger partial charge < -0.3 is 4.74 Å². The first-order valence-corrected chi connectivity index (χ1v) is 11.0. The van der Waals surface area contributed by atoms with E-state index in [0.717, 1.165) is 40.1 Å². The predicted molar refractivity (Wildman–Crippen MR) is 130 cm³/mol. The highest BCUT2D eigenvalue weighted by Crippen LogP contribution is 2.38. The molecule has 4 rings (SSSR count). The fourth-order valence-corrected chi connectivity index (χ4v) is 4.03. The van der Waals surface area contributed by atoms with Crippen molar-refractivity contribution in [1.29, 1.82) is 0 Å². The smallest absolute Gasteiger partial charge is 0.270 e. The summed E-state index contributed by atoms with van der Waals surface area (Å²) in [6, 6.07) is 28.1. The molecule has 0 N–H and O–H groups in total. The highest BCUT2D eigenvalue weighted by molar-refractivity contribution is 5.85. The van der Waals surface area contributed by atoms with Crippen LogP contribution in [0.5, 0.6) is 5.75 Å². The normalized spacial score (nSPS) is 11.0. The lowest BCUT2D eigenvalue weighted by Gasteiger charge is -2.20. The number of aryl methyl sites for hydroxylation is 1. The number of rotatable bonds is 7. The maximum atomic E-state index is 13.7. The van der Waals surface area contributed by atoms with Gasteiger partial charge in [-0.05, 0) is 38.3 Å². The van der Waals surface area contributed by atoms with E-state index in [4.69, 9.17) is 9.84 Å². The van der Waals surface area contributed by atoms with E-state index in [-0.39, 0.29) is 11.6 Å². The van der Waals surface area contributed by atoms with E-state index in [0.29, 0.717) is 6.42 Å². The molecule has 0 spiro atoms. The summed E-state index contributed by atoms with van der Waals surface area (Å²) in [5.74, 6) is 0.731. The summed E-state index contributed by atoms with van der Waals surface area (Å²) in [6.07, 6.45) is 1.39. The number of ether oxygens (including phenoxy) is 1. The van der Waals surface area contributed by atoms with Crippen molar-refractivity contribution in [3.05, 3.63) is 106 Å². The van der Waals surface area contributed by atoms with Crippen LogP contribution in [0.2, 0.25) is 0 Å². The third kappa shape index (κ3) is 4.35. The second kappa shape index (κ2) is 9.65. The van der Waals surface area contributed by atoms with Gasteiger partial charge in [0.1, 0.15) is 5.75 Å². The largest absolute Gasteiger partial charge is 0.496 e. The molecule has 0 aliphatic rings. The van der Waals surface area contributed by atoms with Gasteiger partial charge in [0, 0.05) is 22.3 Å². The second-order valence-corrected chi connectivity index (χ2v) is 8.10. The van der Waals surface area contributed by atoms with Crippen molar-refractivity contribution in [2.75, 3.05) is 7.11 Å². The zero-order valence-electron chi connectivity index (χ0n) is 18.8. The van der Waals surface area contributed by atoms with E-state index in [9.17, 15) is 4.79 Å². The molecule has 0 unspecified atom stereocenters. The highest BCUT2D eigenvalue weighted by atomic mass is 16.5. The molecule has 0 saturated carbocycles. The SMILES string of the molecule is COc1ccccc1-c1c(-c2ccccc2)nn(C(C)C)c(=O)c1CCc1ccccc1. The Bertz CT molecular complexity index is 1250. The summed E-state index contributed by atoms with van der Waals surface area (Å²) in [6.45, 7) is 3.99. The molecule has 1 aromatic heterocycles. The highest BCUT2D eigenvalue weighted by Gasteiger charge is 2.23. The zero-order chi connectivity index (χ0) is 22.5. The lowest BCUT2D eigenvalue weighted by Crippen LogP contribution is -2.30. The number of para-hydroxylation sites is 1. The van der Waals surface area contributed by atoms with Crippen LogP contribution in [-0.2, 0) is 12.8 Å². The minimum Gasteiger partial charge on any atom is -0.496 e. The van der Waals surface area contributed by atoms with Crippen molar-refractivity contribution in [2.24, 2.45) is 0 Å². The van der Waals surface area contributed by atoms with Crippen LogP contribution in [0.4, 0.5) is 0 Å². The van der Waals surface area contributed by atoms with Crippen molar-refractivity contribution in [2.45, 2.75) is 32.7 Å². The fraction of sp³-hybridized carbons (Fsp3) is 0.214. The van der Waals surface area contributed by atoms with Gasteiger partial charge in [-0.15, -0.1) is 0 Å². The Morgan fingerprint density at radius 1 is 0.844 bits per heavy atom. The molecule has 0 saturated heterocycles. The van der Waals surface area contributed by atoms with Crippen LogP contribution in [0.25, 0.3) is 22.4 Å². The molecule has 4 aromatic rings. The molecular formula is C28H28N2O2. The number of hydrogen-bond donors (Lipinski definition) is 0. The monoisotopic (exact) mass is 424 g/mol. The van der Waals surface area contributed by atoms with Crippen LogP contribution in [-0.4, -0.2) is 16.9 Å². The topological polar surface area (TPSA) is 44.1 Å². The van der Waals surface area contributed by atoms with Crippen molar-refractivity contribution in [3.63, 3.8) is 0 Å². The maximum absolute atomic E-state index is 13.7. The summed E-state index contributed by atoms with van der Waals surface area (Å²) in [4.78, 5) is 13.7. The first kappa shape index (κ1) is 21.6. The van der Waals surface area contributed by atoms with Gasteiger partial charge in [0.15, 0.2) is 0 Å². The fourth-order valence-electron chi connectivity index (χ4n) is 4.03. The maximum Gasteiger partial charge on any atom is 0.270 e. The Balaban J connectivity index is 2.00. The van der Waals surface area contributed by atoms with E-state index in [1.165, 1.54) is 5.56 Å². The average Bonchev–Trinajstić information content (AvgIpc) is 2.84. The van der Waals surface area contributed by atoms with Crippen LogP contribution in [0, 0.1) is 0 Å². The van der Waals surface area contributed by atoms with E-state index in [2.05, 4.69) is 12.1 Å². The molecule has 4 heteroatoms. The average molecular weight is 425 g/mol. The van der Waals surface area contributed by atoms with Crippen LogP contribution in [0.1, 0.15) is 31.0 Å². The van der Waals surface area contributed by atoms with Gasteiger partial charge in [-0.2, -0.15) is 5.10 Å². The molecule has 3 aromatic carbocycles. The molecule has 0 fully saturated rings. The summed E-state index contributed by atoms with van der Waals surface area (Å²) in [5, 5.41) is 4.86. The molecule has 32 heavy (non-hydrogen) atoms. The molecule has 162 valence electrons. The Morgan fingerprint density at radius 2 is 1.47 bits per heavy atom. The number of nitrogens with zero attached hydrogens (tertiary/aromatic N) is 2.